The van der Waals surface area contributed by atoms with Gasteiger partial charge < -0.3 is 19.9 Å². The van der Waals surface area contributed by atoms with Crippen LogP contribution in [0.5, 0.6) is 5.75 Å². The van der Waals surface area contributed by atoms with Crippen LogP contribution in [0.1, 0.15) is 116 Å². The van der Waals surface area contributed by atoms with Crippen molar-refractivity contribution < 1.29 is 23.1 Å². The van der Waals surface area contributed by atoms with E-state index in [0.717, 1.165) is 72.8 Å². The number of fused-ring (bicyclic) bond motifs is 2. The summed E-state index contributed by atoms with van der Waals surface area (Å²) in [7, 11) is 1.78. The Bertz CT molecular complexity index is 3020. The van der Waals surface area contributed by atoms with Crippen LogP contribution in [0.2, 0.25) is 5.02 Å². The summed E-state index contributed by atoms with van der Waals surface area (Å²) >= 11 is 6.26. The van der Waals surface area contributed by atoms with Gasteiger partial charge in [0.1, 0.15) is 30.3 Å². The van der Waals surface area contributed by atoms with Crippen LogP contribution in [-0.2, 0) is 44.3 Å². The molecular weight excluding hydrogens is 930 g/mol. The van der Waals surface area contributed by atoms with Gasteiger partial charge in [-0.25, -0.2) is 23.4 Å². The monoisotopic (exact) mass is 986 g/mol. The smallest absolute Gasteiger partial charge is 0.264 e. The van der Waals surface area contributed by atoms with Gasteiger partial charge in [0, 0.05) is 123 Å². The third-order valence-electron chi connectivity index (χ3n) is 15.0. The van der Waals surface area contributed by atoms with Gasteiger partial charge in [0.05, 0.1) is 46.8 Å². The highest BCUT2D eigenvalue weighted by molar-refractivity contribution is 6.31. The van der Waals surface area contributed by atoms with Gasteiger partial charge in [-0.05, 0) is 61.1 Å². The lowest BCUT2D eigenvalue weighted by molar-refractivity contribution is -0.164. The molecule has 71 heavy (non-hydrogen) atoms. The van der Waals surface area contributed by atoms with E-state index in [2.05, 4.69) is 78.9 Å². The molecule has 1 N–H and O–H groups in total. The fourth-order valence-electron chi connectivity index (χ4n) is 11.6. The largest absolute Gasteiger partial charge is 0.489 e. The molecule has 17 nitrogen and oxygen atoms in total. The summed E-state index contributed by atoms with van der Waals surface area (Å²) in [6.45, 7) is 14.0. The number of aryl methyl sites for hydroxylation is 2. The Hall–Kier alpha value is -6.78. The number of carbonyl (C=O) groups excluding carboxylic acids is 2. The van der Waals surface area contributed by atoms with E-state index in [1.165, 1.54) is 12.4 Å². The minimum absolute atomic E-state index is 0.00105. The quantitative estimate of drug-likeness (QED) is 0.127. The van der Waals surface area contributed by atoms with Crippen molar-refractivity contribution in [3.63, 3.8) is 0 Å². The van der Waals surface area contributed by atoms with Crippen LogP contribution in [0.3, 0.4) is 0 Å². The molecule has 4 aliphatic rings. The van der Waals surface area contributed by atoms with Crippen LogP contribution < -0.4 is 15.0 Å². The summed E-state index contributed by atoms with van der Waals surface area (Å²) in [5.74, 6) is 1.52. The number of halogens is 3. The molecule has 1 saturated heterocycles. The van der Waals surface area contributed by atoms with Crippen LogP contribution in [0.4, 0.5) is 20.3 Å². The molecule has 2 aromatic carbocycles. The van der Waals surface area contributed by atoms with Gasteiger partial charge in [-0.1, -0.05) is 44.5 Å². The number of benzene rings is 2. The number of aromatic nitrogens is 9. The van der Waals surface area contributed by atoms with E-state index < -0.39 is 17.3 Å². The van der Waals surface area contributed by atoms with Crippen molar-refractivity contribution in [2.24, 2.45) is 17.9 Å². The molecule has 2 fully saturated rings. The molecular formula is C51H57ClF2N14O3. The summed E-state index contributed by atoms with van der Waals surface area (Å²) in [5.41, 5.74) is 5.65. The van der Waals surface area contributed by atoms with E-state index in [0.29, 0.717) is 71.5 Å². The molecule has 0 atom stereocenters. The maximum absolute atomic E-state index is 14.8. The zero-order chi connectivity index (χ0) is 49.9. The van der Waals surface area contributed by atoms with Crippen LogP contribution in [0.25, 0.3) is 11.1 Å². The van der Waals surface area contributed by atoms with Gasteiger partial charge in [0.15, 0.2) is 5.82 Å². The second kappa shape index (κ2) is 18.8. The third kappa shape index (κ3) is 9.12. The molecule has 7 heterocycles. The van der Waals surface area contributed by atoms with E-state index in [-0.39, 0.29) is 42.1 Å². The molecule has 370 valence electrons. The normalized spacial score (nSPS) is 19.7. The molecule has 4 aromatic heterocycles. The summed E-state index contributed by atoms with van der Waals surface area (Å²) in [6.07, 6.45) is 9.40. The summed E-state index contributed by atoms with van der Waals surface area (Å²) < 4.78 is 41.4. The fourth-order valence-corrected chi connectivity index (χ4v) is 11.8. The number of nitriles is 1. The highest BCUT2D eigenvalue weighted by atomic mass is 35.5. The molecule has 2 amide bonds. The van der Waals surface area contributed by atoms with E-state index in [1.807, 2.05) is 17.2 Å². The van der Waals surface area contributed by atoms with Gasteiger partial charge in [-0.15, -0.1) is 5.10 Å². The van der Waals surface area contributed by atoms with Crippen LogP contribution in [0, 0.1) is 22.2 Å². The first-order valence-corrected chi connectivity index (χ1v) is 24.5. The van der Waals surface area contributed by atoms with Crippen molar-refractivity contribution in [3.05, 3.63) is 111 Å². The minimum Gasteiger partial charge on any atom is -0.489 e. The molecule has 0 spiro atoms. The molecule has 1 aliphatic carbocycles. The van der Waals surface area contributed by atoms with Gasteiger partial charge in [-0.3, -0.25) is 23.9 Å². The topological polar surface area (TPSA) is 181 Å². The van der Waals surface area contributed by atoms with Crippen LogP contribution in [0.15, 0.2) is 61.3 Å². The van der Waals surface area contributed by atoms with Gasteiger partial charge in [0.25, 0.3) is 12.3 Å². The summed E-state index contributed by atoms with van der Waals surface area (Å²) in [5, 5.41) is 31.1. The van der Waals surface area contributed by atoms with E-state index in [1.54, 1.807) is 60.0 Å². The SMILES string of the molecule is CC(=O)N1CCc2c(c(N3CCCc4cc(-c5cnn(C)c5)c(C(F)F)cc43)nn2C2CCN(Cc3cn(Cc4ncc(C(=O)NC5C(C)(C)C(Oc6ccc(C#N)c(Cl)c6)C5(C)C)cn4)nn3)CC2)C1. The number of carbonyl (C=O) groups is 2. The van der Waals surface area contributed by atoms with Crippen molar-refractivity contribution in [3.8, 4) is 22.9 Å². The average molecular weight is 988 g/mol. The number of likely N-dealkylation sites (tertiary alicyclic amines) is 1. The number of hydrogen-bond acceptors (Lipinski definition) is 12. The Morgan fingerprint density at radius 2 is 1.75 bits per heavy atom. The van der Waals surface area contributed by atoms with Crippen molar-refractivity contribution in [1.82, 2.24) is 59.6 Å². The highest BCUT2D eigenvalue weighted by Crippen LogP contribution is 2.56. The second-order valence-corrected chi connectivity index (χ2v) is 20.9. The number of nitrogens with one attached hydrogen (secondary N) is 1. The number of anilines is 2. The average Bonchev–Trinajstić information content (AvgIpc) is 4.10. The Kier molecular flexibility index (Phi) is 12.7. The lowest BCUT2D eigenvalue weighted by Crippen LogP contribution is -2.74. The van der Waals surface area contributed by atoms with Gasteiger partial charge in [0.2, 0.25) is 5.91 Å². The number of alkyl halides is 2. The van der Waals surface area contributed by atoms with Crippen LogP contribution in [-0.4, -0.2) is 104 Å². The van der Waals surface area contributed by atoms with Gasteiger partial charge in [-0.2, -0.15) is 15.5 Å². The van der Waals surface area contributed by atoms with E-state index in [4.69, 9.17) is 21.4 Å². The number of nitrogens with zero attached hydrogens (tertiary/aromatic N) is 13. The molecule has 0 unspecified atom stereocenters. The zero-order valence-corrected chi connectivity index (χ0v) is 41.5. The lowest BCUT2D eigenvalue weighted by Gasteiger charge is -2.63. The predicted octanol–water partition coefficient (Wildman–Crippen LogP) is 7.61. The van der Waals surface area contributed by atoms with Crippen LogP contribution >= 0.6 is 11.6 Å². The van der Waals surface area contributed by atoms with E-state index >= 15 is 0 Å². The maximum atomic E-state index is 14.8. The summed E-state index contributed by atoms with van der Waals surface area (Å²) in [4.78, 5) is 41.5. The number of amides is 2. The fraction of sp³-hybridized carbons (Fsp3) is 0.471. The highest BCUT2D eigenvalue weighted by Gasteiger charge is 2.64. The third-order valence-corrected chi connectivity index (χ3v) is 15.3. The first-order valence-electron chi connectivity index (χ1n) is 24.1. The molecule has 3 aliphatic heterocycles. The Morgan fingerprint density at radius 3 is 2.42 bits per heavy atom. The lowest BCUT2D eigenvalue weighted by atomic mass is 9.49. The Morgan fingerprint density at radius 1 is 0.986 bits per heavy atom. The first kappa shape index (κ1) is 47.9. The second-order valence-electron chi connectivity index (χ2n) is 20.5. The number of ether oxygens (including phenoxy) is 1. The molecule has 0 bridgehead atoms. The molecule has 0 radical (unpaired) electrons. The predicted molar refractivity (Wildman–Crippen MR) is 260 cm³/mol. The Balaban J connectivity index is 0.768. The molecule has 20 heteroatoms. The molecule has 1 saturated carbocycles. The maximum Gasteiger partial charge on any atom is 0.264 e. The number of rotatable bonds is 12. The minimum atomic E-state index is -2.68. The van der Waals surface area contributed by atoms with Crippen molar-refractivity contribution in [1.29, 1.82) is 5.26 Å². The van der Waals surface area contributed by atoms with Gasteiger partial charge >= 0.3 is 0 Å². The molecule has 6 aromatic rings. The van der Waals surface area contributed by atoms with Crippen molar-refractivity contribution in [2.45, 2.75) is 111 Å². The summed E-state index contributed by atoms with van der Waals surface area (Å²) in [6, 6.07) is 10.5. The number of hydrogen-bond donors (Lipinski definition) is 1. The molecule has 10 rings (SSSR count). The standard InChI is InChI=1S/C51H57ClF2N14O3/c1-30(69)65-17-13-42-40(28-65)46(67-14-7-8-31-18-38(34-24-58-63(6)25-34)39(45(53)54)20-43(31)67)61-68(42)36-11-15-64(16-12-36)26-35-27-66(62-60-35)29-44-56-22-33(23-57-44)47(70)59-48-50(2,3)49(51(48,4)5)71-37-10-9-32(21-55)41(52)19-37/h9-10,18-20,22-25,27,36,45,48-49H,7-8,11-17,26,28-29H2,1-6H3,(H,59,70). The van der Waals surface area contributed by atoms with E-state index in [9.17, 15) is 23.6 Å². The van der Waals surface area contributed by atoms with Crippen molar-refractivity contribution in [2.75, 3.05) is 31.1 Å². The first-order chi connectivity index (χ1) is 34.0. The number of piperidine rings is 1. The Labute approximate surface area is 415 Å². The van der Waals surface area contributed by atoms with Crippen molar-refractivity contribution >= 4 is 34.9 Å². The zero-order valence-electron chi connectivity index (χ0n) is 40.7.